The Morgan fingerprint density at radius 1 is 0.955 bits per heavy atom. The molecule has 0 spiro atoms. The van der Waals surface area contributed by atoms with Crippen molar-refractivity contribution >= 4 is 34.6 Å². The van der Waals surface area contributed by atoms with Gasteiger partial charge in [-0.3, -0.25) is 0 Å². The summed E-state index contributed by atoms with van der Waals surface area (Å²) in [6.45, 7) is 0. The lowest BCUT2D eigenvalue weighted by molar-refractivity contribution is 0.0596. The number of ether oxygens (including phenoxy) is 2. The fourth-order valence-corrected chi connectivity index (χ4v) is 5.99. The molecule has 2 unspecified atom stereocenters. The Labute approximate surface area is 135 Å². The molecule has 22 heavy (non-hydrogen) atoms. The maximum Gasteiger partial charge on any atom is 0.348 e. The van der Waals surface area contributed by atoms with Crippen LogP contribution in [-0.4, -0.2) is 26.2 Å². The molecule has 2 aromatic heterocycles. The van der Waals surface area contributed by atoms with Crippen LogP contribution in [0.5, 0.6) is 0 Å². The zero-order valence-electron chi connectivity index (χ0n) is 12.2. The van der Waals surface area contributed by atoms with Gasteiger partial charge in [-0.15, -0.1) is 11.3 Å². The standard InChI is InChI=1S/C16H14O4S2/c1-19-15(17)13-11-7-3-4-8(10-6-21-5-9(7)10)12(11)14(22-13)16(18)20-2/h5-8H,3-4H2,1-2H3. The van der Waals surface area contributed by atoms with Gasteiger partial charge in [0.1, 0.15) is 9.75 Å². The Hall–Kier alpha value is -1.66. The molecule has 2 bridgehead atoms. The van der Waals surface area contributed by atoms with Gasteiger partial charge in [-0.05, 0) is 45.9 Å². The Morgan fingerprint density at radius 2 is 1.41 bits per heavy atom. The van der Waals surface area contributed by atoms with Crippen LogP contribution >= 0.6 is 22.7 Å². The molecular formula is C16H14O4S2. The number of methoxy groups -OCH3 is 2. The van der Waals surface area contributed by atoms with Gasteiger partial charge in [0.15, 0.2) is 0 Å². The smallest absolute Gasteiger partial charge is 0.348 e. The van der Waals surface area contributed by atoms with Crippen LogP contribution in [0, 0.1) is 0 Å². The van der Waals surface area contributed by atoms with Gasteiger partial charge in [-0.1, -0.05) is 0 Å². The second-order valence-electron chi connectivity index (χ2n) is 5.54. The summed E-state index contributed by atoms with van der Waals surface area (Å²) in [5, 5.41) is 4.34. The van der Waals surface area contributed by atoms with Gasteiger partial charge < -0.3 is 9.47 Å². The number of thiophene rings is 2. The van der Waals surface area contributed by atoms with Crippen molar-refractivity contribution in [2.45, 2.75) is 24.7 Å². The molecule has 0 saturated carbocycles. The quantitative estimate of drug-likeness (QED) is 0.785. The summed E-state index contributed by atoms with van der Waals surface area (Å²) in [6, 6.07) is 0. The lowest BCUT2D eigenvalue weighted by atomic mass is 9.65. The average molecular weight is 334 g/mol. The topological polar surface area (TPSA) is 52.6 Å². The summed E-state index contributed by atoms with van der Waals surface area (Å²) >= 11 is 2.90. The minimum atomic E-state index is -0.360. The number of hydrogen-bond donors (Lipinski definition) is 0. The van der Waals surface area contributed by atoms with Crippen LogP contribution in [0.3, 0.4) is 0 Å². The zero-order chi connectivity index (χ0) is 15.4. The molecule has 5 rings (SSSR count). The summed E-state index contributed by atoms with van der Waals surface area (Å²) in [5.74, 6) is -0.323. The number of carbonyl (C=O) groups is 2. The van der Waals surface area contributed by atoms with Gasteiger partial charge in [0.2, 0.25) is 0 Å². The summed E-state index contributed by atoms with van der Waals surface area (Å²) < 4.78 is 9.86. The van der Waals surface area contributed by atoms with Crippen molar-refractivity contribution in [1.29, 1.82) is 0 Å². The van der Waals surface area contributed by atoms with E-state index in [0.717, 1.165) is 24.0 Å². The normalized spacial score (nSPS) is 21.2. The Bertz CT molecular complexity index is 725. The highest BCUT2D eigenvalue weighted by molar-refractivity contribution is 7.16. The van der Waals surface area contributed by atoms with Gasteiger partial charge in [0, 0.05) is 11.8 Å². The Balaban J connectivity index is 1.99. The minimum absolute atomic E-state index is 0.199. The number of hydrogen-bond acceptors (Lipinski definition) is 6. The van der Waals surface area contributed by atoms with Crippen LogP contribution in [0.15, 0.2) is 10.8 Å². The van der Waals surface area contributed by atoms with E-state index in [1.165, 1.54) is 36.7 Å². The molecule has 0 aromatic carbocycles. The van der Waals surface area contributed by atoms with Crippen LogP contribution < -0.4 is 0 Å². The Kier molecular flexibility index (Phi) is 3.13. The van der Waals surface area contributed by atoms with Crippen molar-refractivity contribution < 1.29 is 19.1 Å². The van der Waals surface area contributed by atoms with E-state index in [1.807, 2.05) is 0 Å². The molecule has 0 radical (unpaired) electrons. The molecule has 3 aliphatic carbocycles. The van der Waals surface area contributed by atoms with Crippen molar-refractivity contribution in [2.24, 2.45) is 0 Å². The molecule has 0 amide bonds. The molecular weight excluding hydrogens is 320 g/mol. The molecule has 2 atom stereocenters. The summed E-state index contributed by atoms with van der Waals surface area (Å²) in [5.41, 5.74) is 4.63. The molecule has 0 saturated heterocycles. The molecule has 114 valence electrons. The molecule has 0 fully saturated rings. The number of fused-ring (bicyclic) bond motifs is 1. The van der Waals surface area contributed by atoms with Crippen LogP contribution in [-0.2, 0) is 9.47 Å². The molecule has 0 N–H and O–H groups in total. The maximum atomic E-state index is 12.2. The van der Waals surface area contributed by atoms with Gasteiger partial charge in [0.05, 0.1) is 14.2 Å². The monoisotopic (exact) mass is 334 g/mol. The van der Waals surface area contributed by atoms with Gasteiger partial charge in [-0.25, -0.2) is 9.59 Å². The van der Waals surface area contributed by atoms with E-state index in [4.69, 9.17) is 9.47 Å². The highest BCUT2D eigenvalue weighted by Gasteiger charge is 2.44. The fraction of sp³-hybridized carbons (Fsp3) is 0.375. The van der Waals surface area contributed by atoms with E-state index < -0.39 is 0 Å². The van der Waals surface area contributed by atoms with E-state index in [2.05, 4.69) is 10.8 Å². The van der Waals surface area contributed by atoms with Crippen LogP contribution in [0.25, 0.3) is 0 Å². The van der Waals surface area contributed by atoms with Crippen molar-refractivity contribution in [3.63, 3.8) is 0 Å². The predicted molar refractivity (Wildman–Crippen MR) is 84.2 cm³/mol. The second-order valence-corrected chi connectivity index (χ2v) is 7.30. The first kappa shape index (κ1) is 14.0. The summed E-state index contributed by atoms with van der Waals surface area (Å²) in [4.78, 5) is 25.5. The van der Waals surface area contributed by atoms with Gasteiger partial charge >= 0.3 is 11.9 Å². The van der Waals surface area contributed by atoms with Gasteiger partial charge in [0.25, 0.3) is 0 Å². The van der Waals surface area contributed by atoms with Crippen LogP contribution in [0.1, 0.15) is 66.3 Å². The van der Waals surface area contributed by atoms with Crippen molar-refractivity contribution in [1.82, 2.24) is 0 Å². The van der Waals surface area contributed by atoms with Gasteiger partial charge in [-0.2, -0.15) is 11.3 Å². The first-order chi connectivity index (χ1) is 10.7. The third kappa shape index (κ3) is 1.68. The molecule has 4 nitrogen and oxygen atoms in total. The first-order valence-corrected chi connectivity index (χ1v) is 8.82. The van der Waals surface area contributed by atoms with E-state index in [9.17, 15) is 9.59 Å². The van der Waals surface area contributed by atoms with Crippen molar-refractivity contribution in [2.75, 3.05) is 14.2 Å². The largest absolute Gasteiger partial charge is 0.465 e. The lowest BCUT2D eigenvalue weighted by Crippen LogP contribution is -2.25. The van der Waals surface area contributed by atoms with E-state index in [0.29, 0.717) is 9.75 Å². The van der Waals surface area contributed by atoms with E-state index in [1.54, 1.807) is 11.3 Å². The number of carbonyl (C=O) groups excluding carboxylic acids is 2. The first-order valence-electron chi connectivity index (χ1n) is 7.06. The van der Waals surface area contributed by atoms with Crippen molar-refractivity contribution in [3.05, 3.63) is 42.8 Å². The predicted octanol–water partition coefficient (Wildman–Crippen LogP) is 3.75. The number of rotatable bonds is 2. The summed E-state index contributed by atoms with van der Waals surface area (Å²) in [6.07, 6.45) is 2.03. The molecule has 2 heterocycles. The third-order valence-corrected chi connectivity index (χ3v) is 6.60. The third-order valence-electron chi connectivity index (χ3n) is 4.64. The summed E-state index contributed by atoms with van der Waals surface area (Å²) in [7, 11) is 2.76. The minimum Gasteiger partial charge on any atom is -0.465 e. The fourth-order valence-electron chi connectivity index (χ4n) is 3.76. The second kappa shape index (κ2) is 4.93. The van der Waals surface area contributed by atoms with Crippen LogP contribution in [0.2, 0.25) is 0 Å². The maximum absolute atomic E-state index is 12.2. The molecule has 0 aliphatic heterocycles. The zero-order valence-corrected chi connectivity index (χ0v) is 13.8. The molecule has 2 aromatic rings. The van der Waals surface area contributed by atoms with Crippen LogP contribution in [0.4, 0.5) is 0 Å². The SMILES string of the molecule is COC(=O)c1sc(C(=O)OC)c2c1C1CCC2c2cscc21. The van der Waals surface area contributed by atoms with E-state index >= 15 is 0 Å². The highest BCUT2D eigenvalue weighted by Crippen LogP contribution is 2.57. The van der Waals surface area contributed by atoms with Crippen molar-refractivity contribution in [3.8, 4) is 0 Å². The molecule has 6 heteroatoms. The highest BCUT2D eigenvalue weighted by atomic mass is 32.1. The lowest BCUT2D eigenvalue weighted by Gasteiger charge is -2.37. The van der Waals surface area contributed by atoms with E-state index in [-0.39, 0.29) is 23.8 Å². The molecule has 3 aliphatic rings. The average Bonchev–Trinajstić information content (AvgIpc) is 3.19. The number of esters is 2. The Morgan fingerprint density at radius 3 is 1.82 bits per heavy atom.